The van der Waals surface area contributed by atoms with Crippen molar-refractivity contribution in [3.05, 3.63) is 47.0 Å². The van der Waals surface area contributed by atoms with E-state index in [2.05, 4.69) is 57.6 Å². The lowest BCUT2D eigenvalue weighted by atomic mass is 9.79. The minimum atomic E-state index is -0.986. The molecule has 0 radical (unpaired) electrons. The Labute approximate surface area is 159 Å². The van der Waals surface area contributed by atoms with E-state index >= 15 is 0 Å². The number of carboxylic acids is 1. The number of benzene rings is 2. The van der Waals surface area contributed by atoms with Crippen LogP contribution in [0.4, 0.5) is 0 Å². The molecule has 27 heavy (non-hydrogen) atoms. The van der Waals surface area contributed by atoms with Gasteiger partial charge in [0.15, 0.2) is 0 Å². The number of nitrogens with one attached hydrogen (secondary N) is 1. The van der Waals surface area contributed by atoms with Crippen molar-refractivity contribution < 1.29 is 15.0 Å². The van der Waals surface area contributed by atoms with Gasteiger partial charge in [0, 0.05) is 5.56 Å². The summed E-state index contributed by atoms with van der Waals surface area (Å²) in [7, 11) is 0. The van der Waals surface area contributed by atoms with Crippen LogP contribution in [-0.2, 0) is 10.8 Å². The van der Waals surface area contributed by atoms with Gasteiger partial charge in [0.25, 0.3) is 0 Å². The summed E-state index contributed by atoms with van der Waals surface area (Å²) in [6.07, 6.45) is 0. The fourth-order valence-electron chi connectivity index (χ4n) is 3.09. The average molecular weight is 366 g/mol. The van der Waals surface area contributed by atoms with E-state index in [9.17, 15) is 15.0 Å². The first-order chi connectivity index (χ1) is 12.4. The van der Waals surface area contributed by atoms with Gasteiger partial charge < -0.3 is 15.2 Å². The van der Waals surface area contributed by atoms with E-state index in [1.165, 1.54) is 6.07 Å². The van der Waals surface area contributed by atoms with Crippen LogP contribution in [0.25, 0.3) is 22.4 Å². The smallest absolute Gasteiger partial charge is 0.335 e. The van der Waals surface area contributed by atoms with Crippen molar-refractivity contribution in [2.75, 3.05) is 0 Å². The molecule has 3 rings (SSSR count). The van der Waals surface area contributed by atoms with Crippen molar-refractivity contribution in [2.45, 2.75) is 52.4 Å². The van der Waals surface area contributed by atoms with Crippen LogP contribution in [0.3, 0.4) is 0 Å². The van der Waals surface area contributed by atoms with Gasteiger partial charge in [-0.05, 0) is 40.7 Å². The number of hydrogen-bond donors (Lipinski definition) is 3. The lowest BCUT2D eigenvalue weighted by Crippen LogP contribution is -2.17. The van der Waals surface area contributed by atoms with Gasteiger partial charge >= 0.3 is 5.97 Å². The van der Waals surface area contributed by atoms with Crippen molar-refractivity contribution in [1.29, 1.82) is 0 Å². The van der Waals surface area contributed by atoms with Gasteiger partial charge in [0.2, 0.25) is 0 Å². The minimum Gasteiger partial charge on any atom is -0.507 e. The minimum absolute atomic E-state index is 0.0923. The molecule has 1 heterocycles. The topological polar surface area (TPSA) is 86.2 Å². The quantitative estimate of drug-likeness (QED) is 0.580. The van der Waals surface area contributed by atoms with E-state index in [1.807, 2.05) is 6.07 Å². The van der Waals surface area contributed by atoms with Crippen LogP contribution in [0.2, 0.25) is 0 Å². The molecule has 0 unspecified atom stereocenters. The Kier molecular flexibility index (Phi) is 4.29. The van der Waals surface area contributed by atoms with Crippen LogP contribution in [0.5, 0.6) is 5.75 Å². The largest absolute Gasteiger partial charge is 0.507 e. The van der Waals surface area contributed by atoms with E-state index < -0.39 is 5.97 Å². The molecule has 3 N–H and O–H groups in total. The Morgan fingerprint density at radius 1 is 1.00 bits per heavy atom. The molecule has 0 aliphatic heterocycles. The number of fused-ring (bicyclic) bond motifs is 1. The third-order valence-electron chi connectivity index (χ3n) is 4.77. The Balaban J connectivity index is 2.27. The Hall–Kier alpha value is -2.82. The van der Waals surface area contributed by atoms with Crippen molar-refractivity contribution >= 4 is 17.0 Å². The number of phenolic OH excluding ortho intramolecular Hbond substituents is 1. The normalized spacial score (nSPS) is 12.5. The Bertz CT molecular complexity index is 1030. The molecule has 0 bridgehead atoms. The molecule has 2 aromatic carbocycles. The van der Waals surface area contributed by atoms with E-state index in [1.54, 1.807) is 12.1 Å². The number of rotatable bonds is 2. The zero-order valence-corrected chi connectivity index (χ0v) is 16.6. The van der Waals surface area contributed by atoms with Gasteiger partial charge in [0.1, 0.15) is 11.6 Å². The van der Waals surface area contributed by atoms with Crippen LogP contribution in [0, 0.1) is 0 Å². The van der Waals surface area contributed by atoms with E-state index in [0.29, 0.717) is 22.4 Å². The third kappa shape index (κ3) is 3.54. The maximum absolute atomic E-state index is 11.2. The van der Waals surface area contributed by atoms with Gasteiger partial charge in [-0.3, -0.25) is 0 Å². The number of phenols is 1. The molecule has 0 fully saturated rings. The highest BCUT2D eigenvalue weighted by Crippen LogP contribution is 2.41. The van der Waals surface area contributed by atoms with Crippen LogP contribution >= 0.6 is 0 Å². The lowest BCUT2D eigenvalue weighted by Gasteiger charge is -2.27. The molecule has 0 amide bonds. The van der Waals surface area contributed by atoms with Crippen molar-refractivity contribution in [2.24, 2.45) is 0 Å². The molecular weight excluding hydrogens is 340 g/mol. The van der Waals surface area contributed by atoms with E-state index in [0.717, 1.165) is 11.1 Å². The summed E-state index contributed by atoms with van der Waals surface area (Å²) in [5.41, 5.74) is 3.74. The number of aromatic hydroxyl groups is 1. The number of H-pyrrole nitrogens is 1. The molecule has 0 spiro atoms. The summed E-state index contributed by atoms with van der Waals surface area (Å²) in [6, 6.07) is 8.78. The van der Waals surface area contributed by atoms with Crippen molar-refractivity contribution in [3.8, 4) is 17.1 Å². The summed E-state index contributed by atoms with van der Waals surface area (Å²) in [6.45, 7) is 12.6. The Morgan fingerprint density at radius 2 is 1.67 bits per heavy atom. The average Bonchev–Trinajstić information content (AvgIpc) is 2.95. The number of aromatic carboxylic acids is 1. The summed E-state index contributed by atoms with van der Waals surface area (Å²) in [5, 5.41) is 20.2. The highest BCUT2D eigenvalue weighted by atomic mass is 16.4. The second-order valence-electron chi connectivity index (χ2n) is 9.04. The molecule has 142 valence electrons. The van der Waals surface area contributed by atoms with Crippen LogP contribution in [-0.4, -0.2) is 26.2 Å². The van der Waals surface area contributed by atoms with Gasteiger partial charge in [-0.1, -0.05) is 47.6 Å². The molecule has 0 atom stereocenters. The second kappa shape index (κ2) is 6.12. The van der Waals surface area contributed by atoms with E-state index in [4.69, 9.17) is 0 Å². The predicted octanol–water partition coefficient (Wildman–Crippen LogP) is 5.23. The zero-order chi connectivity index (χ0) is 20.1. The summed E-state index contributed by atoms with van der Waals surface area (Å²) in [5.74, 6) is -0.254. The summed E-state index contributed by atoms with van der Waals surface area (Å²) in [4.78, 5) is 19.0. The number of hydrogen-bond acceptors (Lipinski definition) is 3. The number of nitrogens with zero attached hydrogens (tertiary/aromatic N) is 1. The van der Waals surface area contributed by atoms with Gasteiger partial charge in [-0.2, -0.15) is 0 Å². The maximum Gasteiger partial charge on any atom is 0.335 e. The lowest BCUT2D eigenvalue weighted by molar-refractivity contribution is 0.0697. The maximum atomic E-state index is 11.2. The Morgan fingerprint density at radius 3 is 2.22 bits per heavy atom. The monoisotopic (exact) mass is 366 g/mol. The molecule has 5 nitrogen and oxygen atoms in total. The molecule has 0 aliphatic rings. The highest BCUT2D eigenvalue weighted by Gasteiger charge is 2.26. The molecule has 3 aromatic rings. The second-order valence-corrected chi connectivity index (χ2v) is 9.04. The van der Waals surface area contributed by atoms with Crippen molar-refractivity contribution in [3.63, 3.8) is 0 Å². The fourth-order valence-corrected chi connectivity index (χ4v) is 3.09. The standard InChI is InChI=1S/C22H26N2O3/c1-21(2,3)13-10-14(18(25)15(11-13)22(4,5)6)19-23-16-8-7-12(20(26)27)9-17(16)24-19/h7-11,25H,1-6H3,(H,23,24)(H,26,27). The van der Waals surface area contributed by atoms with Crippen LogP contribution in [0.1, 0.15) is 63.0 Å². The predicted molar refractivity (Wildman–Crippen MR) is 108 cm³/mol. The first kappa shape index (κ1) is 19.0. The molecular formula is C22H26N2O3. The summed E-state index contributed by atoms with van der Waals surface area (Å²) >= 11 is 0. The number of aromatic amines is 1. The molecule has 1 aromatic heterocycles. The zero-order valence-electron chi connectivity index (χ0n) is 16.6. The van der Waals surface area contributed by atoms with Gasteiger partial charge in [-0.15, -0.1) is 0 Å². The molecule has 0 saturated carbocycles. The molecule has 5 heteroatoms. The number of carbonyl (C=O) groups is 1. The first-order valence-electron chi connectivity index (χ1n) is 8.99. The van der Waals surface area contributed by atoms with Crippen LogP contribution < -0.4 is 0 Å². The number of imidazole rings is 1. The molecule has 0 aliphatic carbocycles. The number of carboxylic acid groups (broad SMARTS) is 1. The van der Waals surface area contributed by atoms with E-state index in [-0.39, 0.29) is 22.1 Å². The SMILES string of the molecule is CC(C)(C)c1cc(-c2nc3ccc(C(=O)O)cc3[nH]2)c(O)c(C(C)(C)C)c1. The van der Waals surface area contributed by atoms with Crippen LogP contribution in [0.15, 0.2) is 30.3 Å². The molecule has 0 saturated heterocycles. The van der Waals surface area contributed by atoms with Gasteiger partial charge in [-0.25, -0.2) is 9.78 Å². The van der Waals surface area contributed by atoms with Gasteiger partial charge in [0.05, 0.1) is 22.2 Å². The third-order valence-corrected chi connectivity index (χ3v) is 4.77. The highest BCUT2D eigenvalue weighted by molar-refractivity contribution is 5.93. The number of aromatic nitrogens is 2. The van der Waals surface area contributed by atoms with Crippen molar-refractivity contribution in [1.82, 2.24) is 9.97 Å². The summed E-state index contributed by atoms with van der Waals surface area (Å²) < 4.78 is 0. The fraction of sp³-hybridized carbons (Fsp3) is 0.364. The first-order valence-corrected chi connectivity index (χ1v) is 8.99.